The van der Waals surface area contributed by atoms with Crippen LogP contribution < -0.4 is 10.6 Å². The smallest absolute Gasteiger partial charge is 0.191 e. The number of aryl methyl sites for hydroxylation is 1. The number of morpholine rings is 1. The summed E-state index contributed by atoms with van der Waals surface area (Å²) >= 11 is 0. The van der Waals surface area contributed by atoms with Gasteiger partial charge in [-0.15, -0.1) is 0 Å². The number of benzene rings is 2. The number of nitrogens with zero attached hydrogens (tertiary/aromatic N) is 2. The summed E-state index contributed by atoms with van der Waals surface area (Å²) in [4.78, 5) is 10.1. The monoisotopic (exact) mass is 437 g/mol. The number of nitrogens with one attached hydrogen (secondary N) is 3. The van der Waals surface area contributed by atoms with Crippen LogP contribution in [0.25, 0.3) is 10.9 Å². The van der Waals surface area contributed by atoms with Crippen molar-refractivity contribution in [2.45, 2.75) is 18.9 Å². The number of ether oxygens (including phenoxy) is 1. The summed E-state index contributed by atoms with van der Waals surface area (Å²) in [5, 5.41) is 8.18. The van der Waals surface area contributed by atoms with Crippen molar-refractivity contribution in [2.75, 3.05) is 46.4 Å². The molecule has 3 aromatic rings. The molecule has 3 N–H and O–H groups in total. The molecule has 7 heteroatoms. The third-order valence-electron chi connectivity index (χ3n) is 6.02. The Kier molecular flexibility index (Phi) is 7.74. The molecule has 6 nitrogen and oxygen atoms in total. The molecule has 2 heterocycles. The standard InChI is InChI=1S/C25H32FN5O/c1-27-25(28-12-4-5-20-17-29-23-7-3-2-6-22(20)23)30-18-24(31-13-15-32-16-14-31)19-8-10-21(26)11-9-19/h2-3,6-11,17,24,29H,4-5,12-16,18H2,1H3,(H2,27,28,30). The molecular formula is C25H32FN5O. The van der Waals surface area contributed by atoms with E-state index in [0.29, 0.717) is 6.54 Å². The SMILES string of the molecule is CN=C(NCCCc1c[nH]c2ccccc12)NCC(c1ccc(F)cc1)N1CCOCC1. The Hall–Kier alpha value is -2.90. The molecule has 0 saturated carbocycles. The van der Waals surface area contributed by atoms with E-state index in [1.807, 2.05) is 12.1 Å². The molecule has 0 amide bonds. The van der Waals surface area contributed by atoms with Gasteiger partial charge >= 0.3 is 0 Å². The van der Waals surface area contributed by atoms with Crippen LogP contribution in [0.4, 0.5) is 4.39 Å². The van der Waals surface area contributed by atoms with E-state index in [-0.39, 0.29) is 11.9 Å². The van der Waals surface area contributed by atoms with E-state index in [1.165, 1.54) is 28.6 Å². The van der Waals surface area contributed by atoms with Crippen molar-refractivity contribution < 1.29 is 9.13 Å². The van der Waals surface area contributed by atoms with Crippen LogP contribution in [0.5, 0.6) is 0 Å². The predicted molar refractivity (Wildman–Crippen MR) is 128 cm³/mol. The summed E-state index contributed by atoms with van der Waals surface area (Å²) in [5.41, 5.74) is 3.62. The Bertz CT molecular complexity index is 1010. The molecule has 1 aliphatic rings. The first-order valence-electron chi connectivity index (χ1n) is 11.3. The highest BCUT2D eigenvalue weighted by molar-refractivity contribution is 5.83. The van der Waals surface area contributed by atoms with Crippen LogP contribution in [-0.4, -0.2) is 62.3 Å². The maximum absolute atomic E-state index is 13.4. The average molecular weight is 438 g/mol. The number of aliphatic imine (C=N–C) groups is 1. The van der Waals surface area contributed by atoms with Gasteiger partial charge in [-0.05, 0) is 42.2 Å². The number of H-pyrrole nitrogens is 1. The van der Waals surface area contributed by atoms with Crippen LogP contribution in [0, 0.1) is 5.82 Å². The van der Waals surface area contributed by atoms with E-state index < -0.39 is 0 Å². The zero-order valence-electron chi connectivity index (χ0n) is 18.6. The first-order valence-corrected chi connectivity index (χ1v) is 11.3. The molecule has 0 spiro atoms. The van der Waals surface area contributed by atoms with Crippen LogP contribution in [0.3, 0.4) is 0 Å². The van der Waals surface area contributed by atoms with Gasteiger partial charge in [-0.3, -0.25) is 9.89 Å². The second-order valence-corrected chi connectivity index (χ2v) is 8.06. The van der Waals surface area contributed by atoms with Crippen molar-refractivity contribution in [1.29, 1.82) is 0 Å². The molecule has 0 radical (unpaired) electrons. The van der Waals surface area contributed by atoms with Crippen molar-refractivity contribution in [2.24, 2.45) is 4.99 Å². The Labute approximate surface area is 188 Å². The summed E-state index contributed by atoms with van der Waals surface area (Å²) in [5.74, 6) is 0.569. The predicted octanol–water partition coefficient (Wildman–Crippen LogP) is 3.48. The highest BCUT2D eigenvalue weighted by atomic mass is 19.1. The van der Waals surface area contributed by atoms with Crippen molar-refractivity contribution in [3.8, 4) is 0 Å². The summed E-state index contributed by atoms with van der Waals surface area (Å²) < 4.78 is 19.0. The van der Waals surface area contributed by atoms with Crippen LogP contribution in [0.1, 0.15) is 23.6 Å². The lowest BCUT2D eigenvalue weighted by atomic mass is 10.0. The van der Waals surface area contributed by atoms with Gasteiger partial charge < -0.3 is 20.4 Å². The number of hydrogen-bond acceptors (Lipinski definition) is 3. The average Bonchev–Trinajstić information content (AvgIpc) is 3.25. The fourth-order valence-electron chi connectivity index (χ4n) is 4.27. The number of rotatable bonds is 8. The van der Waals surface area contributed by atoms with E-state index in [9.17, 15) is 4.39 Å². The van der Waals surface area contributed by atoms with E-state index in [4.69, 9.17) is 4.74 Å². The zero-order valence-corrected chi connectivity index (χ0v) is 18.6. The normalized spacial score (nSPS) is 16.2. The maximum Gasteiger partial charge on any atom is 0.191 e. The Morgan fingerprint density at radius 1 is 1.12 bits per heavy atom. The van der Waals surface area contributed by atoms with Gasteiger partial charge in [0.25, 0.3) is 0 Å². The Morgan fingerprint density at radius 2 is 1.91 bits per heavy atom. The molecule has 170 valence electrons. The van der Waals surface area contributed by atoms with Gasteiger partial charge in [-0.2, -0.15) is 0 Å². The van der Waals surface area contributed by atoms with Gasteiger partial charge in [0.1, 0.15) is 5.82 Å². The molecule has 1 atom stereocenters. The minimum absolute atomic E-state index is 0.129. The van der Waals surface area contributed by atoms with E-state index in [1.54, 1.807) is 7.05 Å². The molecule has 0 bridgehead atoms. The molecule has 1 unspecified atom stereocenters. The second-order valence-electron chi connectivity index (χ2n) is 8.06. The number of para-hydroxylation sites is 1. The van der Waals surface area contributed by atoms with Crippen molar-refractivity contribution in [3.63, 3.8) is 0 Å². The highest BCUT2D eigenvalue weighted by Crippen LogP contribution is 2.22. The fourth-order valence-corrected chi connectivity index (χ4v) is 4.27. The second kappa shape index (κ2) is 11.1. The third-order valence-corrected chi connectivity index (χ3v) is 6.02. The third kappa shape index (κ3) is 5.66. The summed E-state index contributed by atoms with van der Waals surface area (Å²) in [7, 11) is 1.79. The highest BCUT2D eigenvalue weighted by Gasteiger charge is 2.23. The van der Waals surface area contributed by atoms with Gasteiger partial charge in [0, 0.05) is 50.3 Å². The Balaban J connectivity index is 1.29. The number of halogens is 1. The van der Waals surface area contributed by atoms with Gasteiger partial charge in [0.2, 0.25) is 0 Å². The molecular weight excluding hydrogens is 405 g/mol. The number of fused-ring (bicyclic) bond motifs is 1. The lowest BCUT2D eigenvalue weighted by Crippen LogP contribution is -2.46. The molecule has 32 heavy (non-hydrogen) atoms. The van der Waals surface area contributed by atoms with Crippen LogP contribution in [0.15, 0.2) is 59.7 Å². The van der Waals surface area contributed by atoms with Crippen molar-refractivity contribution >= 4 is 16.9 Å². The van der Waals surface area contributed by atoms with Crippen molar-refractivity contribution in [1.82, 2.24) is 20.5 Å². The summed E-state index contributed by atoms with van der Waals surface area (Å²) in [6, 6.07) is 15.3. The fraction of sp³-hybridized carbons (Fsp3) is 0.400. The quantitative estimate of drug-likeness (QED) is 0.287. The molecule has 1 fully saturated rings. The molecule has 1 aromatic heterocycles. The van der Waals surface area contributed by atoms with Gasteiger partial charge in [-0.1, -0.05) is 30.3 Å². The molecule has 1 saturated heterocycles. The maximum atomic E-state index is 13.4. The topological polar surface area (TPSA) is 64.7 Å². The summed E-state index contributed by atoms with van der Waals surface area (Å²) in [6.07, 6.45) is 4.11. The van der Waals surface area contributed by atoms with Gasteiger partial charge in [0.15, 0.2) is 5.96 Å². The number of aromatic amines is 1. The van der Waals surface area contributed by atoms with Gasteiger partial charge in [0.05, 0.1) is 19.3 Å². The first-order chi connectivity index (χ1) is 15.7. The van der Waals surface area contributed by atoms with Crippen molar-refractivity contribution in [3.05, 3.63) is 71.7 Å². The molecule has 2 aromatic carbocycles. The minimum atomic E-state index is -0.213. The summed E-state index contributed by atoms with van der Waals surface area (Å²) in [6.45, 7) is 4.68. The van der Waals surface area contributed by atoms with E-state index in [2.05, 4.69) is 56.0 Å². The molecule has 1 aliphatic heterocycles. The Morgan fingerprint density at radius 3 is 2.69 bits per heavy atom. The van der Waals surface area contributed by atoms with E-state index >= 15 is 0 Å². The van der Waals surface area contributed by atoms with Crippen LogP contribution >= 0.6 is 0 Å². The van der Waals surface area contributed by atoms with Gasteiger partial charge in [-0.25, -0.2) is 4.39 Å². The number of guanidine groups is 1. The molecule has 4 rings (SSSR count). The number of hydrogen-bond donors (Lipinski definition) is 3. The largest absolute Gasteiger partial charge is 0.379 e. The van der Waals surface area contributed by atoms with Crippen LogP contribution in [0.2, 0.25) is 0 Å². The zero-order chi connectivity index (χ0) is 22.2. The minimum Gasteiger partial charge on any atom is -0.379 e. The number of aromatic nitrogens is 1. The lowest BCUT2D eigenvalue weighted by Gasteiger charge is -2.35. The van der Waals surface area contributed by atoms with E-state index in [0.717, 1.165) is 57.2 Å². The first kappa shape index (κ1) is 22.3. The van der Waals surface area contributed by atoms with Crippen LogP contribution in [-0.2, 0) is 11.2 Å². The lowest BCUT2D eigenvalue weighted by molar-refractivity contribution is 0.0170. The molecule has 0 aliphatic carbocycles.